The van der Waals surface area contributed by atoms with Crippen LogP contribution in [-0.4, -0.2) is 33.8 Å². The molecule has 0 atom stereocenters. The first-order valence-corrected chi connectivity index (χ1v) is 8.32. The fourth-order valence-corrected chi connectivity index (χ4v) is 2.74. The Balaban J connectivity index is 2.28. The van der Waals surface area contributed by atoms with Gasteiger partial charge in [0.25, 0.3) is 0 Å². The van der Waals surface area contributed by atoms with Crippen molar-refractivity contribution in [2.24, 2.45) is 0 Å². The highest BCUT2D eigenvalue weighted by Gasteiger charge is 2.12. The SMILES string of the molecule is CNc1nc(-c2ccc(N(C)S(C)(=O)=O)cc2)cs1. The maximum absolute atomic E-state index is 11.4. The zero-order chi connectivity index (χ0) is 14.0. The van der Waals surface area contributed by atoms with Gasteiger partial charge in [-0.2, -0.15) is 0 Å². The molecule has 102 valence electrons. The third-order valence-corrected chi connectivity index (χ3v) is 4.81. The average Bonchev–Trinajstić information content (AvgIpc) is 2.86. The molecule has 0 spiro atoms. The van der Waals surface area contributed by atoms with Crippen LogP contribution in [-0.2, 0) is 10.0 Å². The summed E-state index contributed by atoms with van der Waals surface area (Å²) in [6.45, 7) is 0. The Labute approximate surface area is 117 Å². The van der Waals surface area contributed by atoms with Crippen molar-refractivity contribution in [1.29, 1.82) is 0 Å². The summed E-state index contributed by atoms with van der Waals surface area (Å²) < 4.78 is 24.1. The Kier molecular flexibility index (Phi) is 3.77. The molecule has 0 saturated heterocycles. The number of nitrogens with zero attached hydrogens (tertiary/aromatic N) is 2. The predicted molar refractivity (Wildman–Crippen MR) is 80.3 cm³/mol. The lowest BCUT2D eigenvalue weighted by Crippen LogP contribution is -2.24. The van der Waals surface area contributed by atoms with Crippen LogP contribution in [0.2, 0.25) is 0 Å². The number of nitrogens with one attached hydrogen (secondary N) is 1. The first-order valence-electron chi connectivity index (χ1n) is 5.59. The van der Waals surface area contributed by atoms with Gasteiger partial charge in [-0.25, -0.2) is 13.4 Å². The van der Waals surface area contributed by atoms with E-state index in [1.54, 1.807) is 12.1 Å². The van der Waals surface area contributed by atoms with E-state index >= 15 is 0 Å². The van der Waals surface area contributed by atoms with Gasteiger partial charge >= 0.3 is 0 Å². The van der Waals surface area contributed by atoms with Gasteiger partial charge < -0.3 is 5.32 Å². The number of sulfonamides is 1. The highest BCUT2D eigenvalue weighted by molar-refractivity contribution is 7.92. The van der Waals surface area contributed by atoms with Crippen molar-refractivity contribution in [3.8, 4) is 11.3 Å². The Bertz CT molecular complexity index is 663. The molecule has 1 aromatic heterocycles. The highest BCUT2D eigenvalue weighted by atomic mass is 32.2. The maximum atomic E-state index is 11.4. The van der Waals surface area contributed by atoms with Crippen molar-refractivity contribution in [3.63, 3.8) is 0 Å². The second kappa shape index (κ2) is 5.18. The monoisotopic (exact) mass is 297 g/mol. The molecule has 0 fully saturated rings. The summed E-state index contributed by atoms with van der Waals surface area (Å²) >= 11 is 1.53. The van der Waals surface area contributed by atoms with E-state index in [4.69, 9.17) is 0 Å². The van der Waals surface area contributed by atoms with Crippen molar-refractivity contribution in [3.05, 3.63) is 29.6 Å². The Morgan fingerprint density at radius 3 is 2.37 bits per heavy atom. The van der Waals surface area contributed by atoms with E-state index in [1.165, 1.54) is 28.9 Å². The molecule has 0 unspecified atom stereocenters. The van der Waals surface area contributed by atoms with Crippen LogP contribution in [0.25, 0.3) is 11.3 Å². The van der Waals surface area contributed by atoms with Gasteiger partial charge in [0.1, 0.15) is 0 Å². The number of aromatic nitrogens is 1. The fraction of sp³-hybridized carbons (Fsp3) is 0.250. The molecule has 0 aliphatic carbocycles. The summed E-state index contributed by atoms with van der Waals surface area (Å²) in [6.07, 6.45) is 1.18. The predicted octanol–water partition coefficient (Wildman–Crippen LogP) is 2.25. The topological polar surface area (TPSA) is 62.3 Å². The van der Waals surface area contributed by atoms with Crippen LogP contribution in [0, 0.1) is 0 Å². The smallest absolute Gasteiger partial charge is 0.231 e. The summed E-state index contributed by atoms with van der Waals surface area (Å²) in [4.78, 5) is 4.40. The molecule has 0 aliphatic rings. The number of hydrogen-bond acceptors (Lipinski definition) is 5. The zero-order valence-corrected chi connectivity index (χ0v) is 12.5. The Hall–Kier alpha value is -1.60. The van der Waals surface area contributed by atoms with Gasteiger partial charge in [-0.15, -0.1) is 11.3 Å². The number of benzene rings is 1. The summed E-state index contributed by atoms with van der Waals surface area (Å²) in [7, 11) is 0.137. The molecule has 1 aromatic carbocycles. The number of hydrogen-bond donors (Lipinski definition) is 1. The van der Waals surface area contributed by atoms with Crippen molar-refractivity contribution in [2.75, 3.05) is 30.0 Å². The minimum absolute atomic E-state index is 0.635. The second-order valence-electron chi connectivity index (χ2n) is 4.07. The molecule has 19 heavy (non-hydrogen) atoms. The van der Waals surface area contributed by atoms with E-state index in [-0.39, 0.29) is 0 Å². The van der Waals surface area contributed by atoms with Crippen LogP contribution in [0.4, 0.5) is 10.8 Å². The zero-order valence-electron chi connectivity index (χ0n) is 10.9. The van der Waals surface area contributed by atoms with Gasteiger partial charge in [0.2, 0.25) is 10.0 Å². The normalized spacial score (nSPS) is 11.3. The summed E-state index contributed by atoms with van der Waals surface area (Å²) in [6, 6.07) is 7.28. The van der Waals surface area contributed by atoms with E-state index in [9.17, 15) is 8.42 Å². The third kappa shape index (κ3) is 3.05. The lowest BCUT2D eigenvalue weighted by atomic mass is 10.1. The van der Waals surface area contributed by atoms with Crippen LogP contribution in [0.5, 0.6) is 0 Å². The van der Waals surface area contributed by atoms with Crippen LogP contribution < -0.4 is 9.62 Å². The van der Waals surface area contributed by atoms with Crippen LogP contribution in [0.3, 0.4) is 0 Å². The molecule has 0 bridgehead atoms. The number of anilines is 2. The molecule has 1 N–H and O–H groups in total. The molecule has 7 heteroatoms. The van der Waals surface area contributed by atoms with Crippen molar-refractivity contribution < 1.29 is 8.42 Å². The van der Waals surface area contributed by atoms with Crippen molar-refractivity contribution in [2.45, 2.75) is 0 Å². The minimum atomic E-state index is -3.22. The van der Waals surface area contributed by atoms with Gasteiger partial charge in [-0.05, 0) is 12.1 Å². The molecule has 2 rings (SSSR count). The lowest BCUT2D eigenvalue weighted by molar-refractivity contribution is 0.600. The van der Waals surface area contributed by atoms with Crippen LogP contribution in [0.1, 0.15) is 0 Å². The molecule has 1 heterocycles. The number of rotatable bonds is 4. The molecule has 2 aromatic rings. The van der Waals surface area contributed by atoms with E-state index in [2.05, 4.69) is 10.3 Å². The van der Waals surface area contributed by atoms with E-state index in [1.807, 2.05) is 24.6 Å². The van der Waals surface area contributed by atoms with E-state index in [0.29, 0.717) is 5.69 Å². The maximum Gasteiger partial charge on any atom is 0.231 e. The van der Waals surface area contributed by atoms with Crippen molar-refractivity contribution in [1.82, 2.24) is 4.98 Å². The van der Waals surface area contributed by atoms with Gasteiger partial charge in [-0.1, -0.05) is 12.1 Å². The molecular weight excluding hydrogens is 282 g/mol. The van der Waals surface area contributed by atoms with Gasteiger partial charge in [0, 0.05) is 25.0 Å². The average molecular weight is 297 g/mol. The molecule has 0 aliphatic heterocycles. The minimum Gasteiger partial charge on any atom is -0.365 e. The molecular formula is C12H15N3O2S2. The summed E-state index contributed by atoms with van der Waals surface area (Å²) in [5.74, 6) is 0. The second-order valence-corrected chi connectivity index (χ2v) is 6.94. The van der Waals surface area contributed by atoms with Gasteiger partial charge in [0.15, 0.2) is 5.13 Å². The fourth-order valence-electron chi connectivity index (χ4n) is 1.55. The highest BCUT2D eigenvalue weighted by Crippen LogP contribution is 2.26. The Morgan fingerprint density at radius 1 is 1.26 bits per heavy atom. The lowest BCUT2D eigenvalue weighted by Gasteiger charge is -2.16. The van der Waals surface area contributed by atoms with Crippen LogP contribution >= 0.6 is 11.3 Å². The first kappa shape index (κ1) is 13.8. The van der Waals surface area contributed by atoms with E-state index < -0.39 is 10.0 Å². The van der Waals surface area contributed by atoms with Gasteiger partial charge in [0.05, 0.1) is 17.6 Å². The van der Waals surface area contributed by atoms with Gasteiger partial charge in [-0.3, -0.25) is 4.31 Å². The third-order valence-electron chi connectivity index (χ3n) is 2.74. The summed E-state index contributed by atoms with van der Waals surface area (Å²) in [5, 5.41) is 5.80. The largest absolute Gasteiger partial charge is 0.365 e. The Morgan fingerprint density at radius 2 is 1.89 bits per heavy atom. The molecule has 0 saturated carbocycles. The molecule has 0 amide bonds. The quantitative estimate of drug-likeness (QED) is 0.940. The van der Waals surface area contributed by atoms with Crippen molar-refractivity contribution >= 4 is 32.2 Å². The van der Waals surface area contributed by atoms with E-state index in [0.717, 1.165) is 16.4 Å². The standard InChI is InChI=1S/C12H15N3O2S2/c1-13-12-14-11(8-18-12)9-4-6-10(7-5-9)15(2)19(3,16)17/h4-8H,1-3H3,(H,13,14). The summed E-state index contributed by atoms with van der Waals surface area (Å²) in [5.41, 5.74) is 2.47. The number of thiazole rings is 1. The molecule has 0 radical (unpaired) electrons. The first-order chi connectivity index (χ1) is 8.91. The molecule has 5 nitrogen and oxygen atoms in total. The van der Waals surface area contributed by atoms with Crippen LogP contribution in [0.15, 0.2) is 29.6 Å².